The van der Waals surface area contributed by atoms with Crippen LogP contribution in [0, 0.1) is 11.7 Å². The van der Waals surface area contributed by atoms with Crippen molar-refractivity contribution in [1.82, 2.24) is 10.2 Å². The molecular formula is C20H28FN3O2. The van der Waals surface area contributed by atoms with E-state index in [1.807, 2.05) is 6.07 Å². The van der Waals surface area contributed by atoms with Gasteiger partial charge >= 0.3 is 5.97 Å². The van der Waals surface area contributed by atoms with Crippen LogP contribution in [0.2, 0.25) is 0 Å². The first-order valence-electron chi connectivity index (χ1n) is 9.45. The van der Waals surface area contributed by atoms with E-state index in [0.717, 1.165) is 56.8 Å². The van der Waals surface area contributed by atoms with Crippen molar-refractivity contribution in [3.63, 3.8) is 0 Å². The molecule has 1 aliphatic carbocycles. The number of carbonyl (C=O) groups is 1. The van der Waals surface area contributed by atoms with E-state index in [1.54, 1.807) is 12.1 Å². The van der Waals surface area contributed by atoms with E-state index in [4.69, 9.17) is 9.73 Å². The zero-order valence-corrected chi connectivity index (χ0v) is 15.6. The summed E-state index contributed by atoms with van der Waals surface area (Å²) in [6, 6.07) is 6.90. The molecular weight excluding hydrogens is 333 g/mol. The lowest BCUT2D eigenvalue weighted by atomic mass is 9.96. The van der Waals surface area contributed by atoms with Gasteiger partial charge in [-0.3, -0.25) is 9.79 Å². The second-order valence-electron chi connectivity index (χ2n) is 7.25. The van der Waals surface area contributed by atoms with E-state index in [1.165, 1.54) is 13.2 Å². The Balaban J connectivity index is 1.66. The molecule has 0 aromatic heterocycles. The van der Waals surface area contributed by atoms with Crippen molar-refractivity contribution < 1.29 is 13.9 Å². The third-order valence-electron chi connectivity index (χ3n) is 5.49. The lowest BCUT2D eigenvalue weighted by Gasteiger charge is -2.33. The maximum atomic E-state index is 13.6. The maximum Gasteiger partial charge on any atom is 0.308 e. The molecule has 1 aliphatic heterocycles. The number of guanidine groups is 1. The Morgan fingerprint density at radius 1 is 1.38 bits per heavy atom. The van der Waals surface area contributed by atoms with Crippen LogP contribution in [0.15, 0.2) is 29.3 Å². The van der Waals surface area contributed by atoms with E-state index >= 15 is 0 Å². The number of likely N-dealkylation sites (tertiary alicyclic amines) is 1. The monoisotopic (exact) mass is 361 g/mol. The molecule has 0 amide bonds. The van der Waals surface area contributed by atoms with Crippen LogP contribution in [0.5, 0.6) is 0 Å². The molecule has 0 unspecified atom stereocenters. The Labute approximate surface area is 154 Å². The molecule has 5 nitrogen and oxygen atoms in total. The van der Waals surface area contributed by atoms with Gasteiger partial charge in [-0.05, 0) is 50.3 Å². The number of methoxy groups -OCH3 is 1. The number of hydrogen-bond acceptors (Lipinski definition) is 3. The Hall–Kier alpha value is -2.11. The van der Waals surface area contributed by atoms with E-state index in [-0.39, 0.29) is 23.1 Å². The summed E-state index contributed by atoms with van der Waals surface area (Å²) >= 11 is 0. The molecule has 142 valence electrons. The first kappa shape index (κ1) is 18.7. The highest BCUT2D eigenvalue weighted by Crippen LogP contribution is 2.48. The van der Waals surface area contributed by atoms with Gasteiger partial charge in [-0.1, -0.05) is 12.1 Å². The van der Waals surface area contributed by atoms with Gasteiger partial charge in [0.15, 0.2) is 5.96 Å². The molecule has 26 heavy (non-hydrogen) atoms. The van der Waals surface area contributed by atoms with Crippen LogP contribution in [0.1, 0.15) is 38.2 Å². The fourth-order valence-corrected chi connectivity index (χ4v) is 3.65. The summed E-state index contributed by atoms with van der Waals surface area (Å²) in [6.07, 6.45) is 3.66. The Bertz CT molecular complexity index is 665. The number of piperidine rings is 1. The van der Waals surface area contributed by atoms with Gasteiger partial charge in [-0.2, -0.15) is 0 Å². The molecule has 0 bridgehead atoms. The molecule has 1 saturated carbocycles. The van der Waals surface area contributed by atoms with Crippen molar-refractivity contribution >= 4 is 11.9 Å². The molecule has 0 atom stereocenters. The predicted octanol–water partition coefficient (Wildman–Crippen LogP) is 2.71. The lowest BCUT2D eigenvalue weighted by Crippen LogP contribution is -2.47. The smallest absolute Gasteiger partial charge is 0.308 e. The van der Waals surface area contributed by atoms with Gasteiger partial charge in [0.1, 0.15) is 5.82 Å². The van der Waals surface area contributed by atoms with Crippen LogP contribution < -0.4 is 5.32 Å². The second kappa shape index (κ2) is 8.06. The first-order valence-corrected chi connectivity index (χ1v) is 9.45. The molecule has 2 fully saturated rings. The van der Waals surface area contributed by atoms with Gasteiger partial charge in [-0.15, -0.1) is 0 Å². The number of aliphatic imine (C=N–C) groups is 1. The Morgan fingerprint density at radius 2 is 2.12 bits per heavy atom. The summed E-state index contributed by atoms with van der Waals surface area (Å²) in [6.45, 7) is 5.09. The van der Waals surface area contributed by atoms with Gasteiger partial charge in [0.25, 0.3) is 0 Å². The van der Waals surface area contributed by atoms with Crippen molar-refractivity contribution in [2.75, 3.05) is 33.3 Å². The van der Waals surface area contributed by atoms with Crippen LogP contribution in [0.25, 0.3) is 0 Å². The summed E-state index contributed by atoms with van der Waals surface area (Å²) in [4.78, 5) is 18.8. The molecule has 3 rings (SSSR count). The maximum absolute atomic E-state index is 13.6. The van der Waals surface area contributed by atoms with Gasteiger partial charge < -0.3 is 15.0 Å². The fraction of sp³-hybridized carbons (Fsp3) is 0.600. The first-order chi connectivity index (χ1) is 12.6. The molecule has 2 aliphatic rings. The van der Waals surface area contributed by atoms with Crippen LogP contribution in [0.3, 0.4) is 0 Å². The average Bonchev–Trinajstić information content (AvgIpc) is 3.46. The Morgan fingerprint density at radius 3 is 2.69 bits per heavy atom. The lowest BCUT2D eigenvalue weighted by molar-refractivity contribution is -0.146. The summed E-state index contributed by atoms with van der Waals surface area (Å²) in [5.74, 6) is 0.573. The molecule has 0 radical (unpaired) electrons. The number of hydrogen-bond donors (Lipinski definition) is 1. The molecule has 0 spiro atoms. The number of nitrogens with zero attached hydrogens (tertiary/aromatic N) is 2. The van der Waals surface area contributed by atoms with Gasteiger partial charge in [0.2, 0.25) is 0 Å². The number of rotatable bonds is 5. The molecule has 6 heteroatoms. The average molecular weight is 361 g/mol. The number of carbonyl (C=O) groups excluding carboxylic acids is 1. The van der Waals surface area contributed by atoms with Crippen LogP contribution in [-0.4, -0.2) is 50.1 Å². The quantitative estimate of drug-likeness (QED) is 0.498. The predicted molar refractivity (Wildman–Crippen MR) is 99.6 cm³/mol. The van der Waals surface area contributed by atoms with Crippen LogP contribution in [-0.2, 0) is 14.9 Å². The number of nitrogens with one attached hydrogen (secondary N) is 1. The Kier molecular flexibility index (Phi) is 5.79. The van der Waals surface area contributed by atoms with Gasteiger partial charge in [-0.25, -0.2) is 4.39 Å². The summed E-state index contributed by atoms with van der Waals surface area (Å²) in [5, 5.41) is 3.36. The van der Waals surface area contributed by atoms with Crippen molar-refractivity contribution in [1.29, 1.82) is 0 Å². The minimum atomic E-state index is -0.186. The molecule has 1 saturated heterocycles. The standard InChI is InChI=1S/C20H28FN3O2/c1-3-22-19(24-11-7-15(8-12-24)18(25)26-2)23-14-20(9-10-20)16-5-4-6-17(21)13-16/h4-6,13,15H,3,7-12,14H2,1-2H3,(H,22,23). The zero-order chi connectivity index (χ0) is 18.6. The molecule has 1 N–H and O–H groups in total. The van der Waals surface area contributed by atoms with Gasteiger partial charge in [0.05, 0.1) is 19.6 Å². The van der Waals surface area contributed by atoms with Crippen molar-refractivity contribution in [3.8, 4) is 0 Å². The van der Waals surface area contributed by atoms with Crippen molar-refractivity contribution in [2.24, 2.45) is 10.9 Å². The largest absolute Gasteiger partial charge is 0.469 e. The van der Waals surface area contributed by atoms with E-state index < -0.39 is 0 Å². The normalized spacial score (nSPS) is 20.0. The number of halogens is 1. The number of benzene rings is 1. The highest BCUT2D eigenvalue weighted by Gasteiger charge is 2.44. The highest BCUT2D eigenvalue weighted by atomic mass is 19.1. The number of ether oxygens (including phenoxy) is 1. The topological polar surface area (TPSA) is 53.9 Å². The SMILES string of the molecule is CCNC(=NCC1(c2cccc(F)c2)CC1)N1CCC(C(=O)OC)CC1. The molecule has 1 aromatic carbocycles. The molecule has 1 aromatic rings. The van der Waals surface area contributed by atoms with Crippen LogP contribution >= 0.6 is 0 Å². The summed E-state index contributed by atoms with van der Waals surface area (Å²) in [5.41, 5.74) is 1.02. The fourth-order valence-electron chi connectivity index (χ4n) is 3.65. The van der Waals surface area contributed by atoms with Crippen molar-refractivity contribution in [2.45, 2.75) is 38.0 Å². The zero-order valence-electron chi connectivity index (χ0n) is 15.6. The van der Waals surface area contributed by atoms with Crippen LogP contribution in [0.4, 0.5) is 4.39 Å². The highest BCUT2D eigenvalue weighted by molar-refractivity contribution is 5.80. The summed E-state index contributed by atoms with van der Waals surface area (Å²) < 4.78 is 18.4. The van der Waals surface area contributed by atoms with Gasteiger partial charge in [0, 0.05) is 25.0 Å². The summed E-state index contributed by atoms with van der Waals surface area (Å²) in [7, 11) is 1.45. The second-order valence-corrected chi connectivity index (χ2v) is 7.25. The minimum absolute atomic E-state index is 0.0128. The third kappa shape index (κ3) is 4.17. The third-order valence-corrected chi connectivity index (χ3v) is 5.49. The minimum Gasteiger partial charge on any atom is -0.469 e. The number of esters is 1. The molecule has 1 heterocycles. The van der Waals surface area contributed by atoms with E-state index in [0.29, 0.717) is 6.54 Å². The van der Waals surface area contributed by atoms with E-state index in [2.05, 4.69) is 17.1 Å². The van der Waals surface area contributed by atoms with Crippen molar-refractivity contribution in [3.05, 3.63) is 35.6 Å². The van der Waals surface area contributed by atoms with E-state index in [9.17, 15) is 9.18 Å².